The maximum absolute atomic E-state index is 14.4. The van der Waals surface area contributed by atoms with Gasteiger partial charge in [0.25, 0.3) is 0 Å². The third-order valence-corrected chi connectivity index (χ3v) is 8.24. The number of benzene rings is 2. The van der Waals surface area contributed by atoms with Crippen LogP contribution in [0.15, 0.2) is 60.7 Å². The molecule has 0 N–H and O–H groups in total. The molecule has 198 valence electrons. The van der Waals surface area contributed by atoms with Gasteiger partial charge in [0.15, 0.2) is 0 Å². The zero-order chi connectivity index (χ0) is 27.1. The van der Waals surface area contributed by atoms with Crippen LogP contribution in [0.5, 0.6) is 0 Å². The first-order valence-electron chi connectivity index (χ1n) is 13.6. The first kappa shape index (κ1) is 26.0. The molecule has 0 aliphatic carbocycles. The minimum absolute atomic E-state index is 0.0720. The lowest BCUT2D eigenvalue weighted by atomic mass is 9.86. The Balaban J connectivity index is 1.69. The highest BCUT2D eigenvalue weighted by Crippen LogP contribution is 2.40. The average Bonchev–Trinajstić information content (AvgIpc) is 3.55. The van der Waals surface area contributed by atoms with Crippen LogP contribution in [0, 0.1) is 11.8 Å². The van der Waals surface area contributed by atoms with Crippen LogP contribution in [-0.2, 0) is 19.1 Å². The predicted octanol–water partition coefficient (Wildman–Crippen LogP) is 7.38. The highest BCUT2D eigenvalue weighted by atomic mass is 16.6. The molecule has 0 spiro atoms. The zero-order valence-electron chi connectivity index (χ0n) is 22.4. The van der Waals surface area contributed by atoms with Gasteiger partial charge in [-0.15, -0.1) is 0 Å². The number of cyclic esters (lactones) is 2. The number of ether oxygens (including phenoxy) is 2. The van der Waals surface area contributed by atoms with E-state index in [-0.39, 0.29) is 29.7 Å². The van der Waals surface area contributed by atoms with Crippen molar-refractivity contribution in [3.05, 3.63) is 71.8 Å². The Labute approximate surface area is 223 Å². The number of hydrogen-bond donors (Lipinski definition) is 0. The van der Waals surface area contributed by atoms with Gasteiger partial charge in [-0.3, -0.25) is 9.36 Å². The van der Waals surface area contributed by atoms with Crippen molar-refractivity contribution in [1.29, 1.82) is 0 Å². The lowest BCUT2D eigenvalue weighted by Crippen LogP contribution is -2.27. The summed E-state index contributed by atoms with van der Waals surface area (Å²) in [5, 5.41) is 1.91. The summed E-state index contributed by atoms with van der Waals surface area (Å²) in [7, 11) is 0. The molecule has 38 heavy (non-hydrogen) atoms. The molecule has 2 aliphatic rings. The number of fused-ring (bicyclic) bond motifs is 3. The Morgan fingerprint density at radius 2 is 1.42 bits per heavy atom. The second-order valence-electron chi connectivity index (χ2n) is 10.8. The Bertz CT molecular complexity index is 1350. The van der Waals surface area contributed by atoms with Gasteiger partial charge in [0.1, 0.15) is 12.2 Å². The van der Waals surface area contributed by atoms with Crippen LogP contribution >= 0.6 is 0 Å². The van der Waals surface area contributed by atoms with Gasteiger partial charge in [-0.2, -0.15) is 0 Å². The third kappa shape index (κ3) is 4.46. The van der Waals surface area contributed by atoms with Crippen LogP contribution in [0.3, 0.4) is 0 Å². The minimum atomic E-state index is -0.411. The van der Waals surface area contributed by atoms with Crippen molar-refractivity contribution >= 4 is 39.7 Å². The maximum atomic E-state index is 14.4. The second kappa shape index (κ2) is 10.2. The molecular weight excluding hydrogens is 478 g/mol. The number of aromatic nitrogens is 1. The topological polar surface area (TPSA) is 74.6 Å². The predicted molar refractivity (Wildman–Crippen MR) is 148 cm³/mol. The Morgan fingerprint density at radius 3 is 1.82 bits per heavy atom. The quantitative estimate of drug-likeness (QED) is 0.232. The van der Waals surface area contributed by atoms with Gasteiger partial charge in [-0.1, -0.05) is 77.5 Å². The highest BCUT2D eigenvalue weighted by molar-refractivity contribution is 6.14. The summed E-state index contributed by atoms with van der Waals surface area (Å²) in [6.07, 6.45) is 3.79. The number of nitrogens with zero attached hydrogens (tertiary/aromatic N) is 1. The van der Waals surface area contributed by atoms with E-state index in [2.05, 4.69) is 33.9 Å². The molecule has 2 aliphatic heterocycles. The molecule has 5 rings (SSSR count). The van der Waals surface area contributed by atoms with E-state index in [0.717, 1.165) is 58.6 Å². The summed E-state index contributed by atoms with van der Waals surface area (Å²) >= 11 is 0. The number of unbranched alkanes of at least 4 members (excludes halogenated alkanes) is 1. The molecular formula is C32H35NO5. The molecule has 6 nitrogen and oxygen atoms in total. The standard InChI is InChI=1S/C32H35NO5/c1-6-8-9-23(18(3)7-2)30(34)33-26-16-21(28-14-19(4)31(35)37-28)10-12-24(26)25-13-11-22(17-27(25)33)29-15-20(5)32(36)38-29/h10-13,16-18,23,28-29H,4-9,14-15H2,1-3H3. The molecule has 0 bridgehead atoms. The highest BCUT2D eigenvalue weighted by Gasteiger charge is 2.33. The van der Waals surface area contributed by atoms with E-state index in [4.69, 9.17) is 9.47 Å². The van der Waals surface area contributed by atoms with E-state index in [1.165, 1.54) is 0 Å². The molecule has 2 aromatic carbocycles. The fourth-order valence-corrected chi connectivity index (χ4v) is 5.71. The van der Waals surface area contributed by atoms with Gasteiger partial charge in [-0.25, -0.2) is 9.59 Å². The van der Waals surface area contributed by atoms with Crippen molar-refractivity contribution in [3.63, 3.8) is 0 Å². The summed E-state index contributed by atoms with van der Waals surface area (Å²) in [4.78, 5) is 38.4. The van der Waals surface area contributed by atoms with E-state index in [1.807, 2.05) is 41.0 Å². The van der Waals surface area contributed by atoms with Crippen LogP contribution in [-0.4, -0.2) is 22.4 Å². The molecule has 3 heterocycles. The second-order valence-corrected chi connectivity index (χ2v) is 10.8. The van der Waals surface area contributed by atoms with Gasteiger partial charge in [-0.05, 0) is 35.6 Å². The summed E-state index contributed by atoms with van der Waals surface area (Å²) in [5.41, 5.74) is 4.20. The normalized spacial score (nSPS) is 21.2. The molecule has 1 aromatic heterocycles. The third-order valence-electron chi connectivity index (χ3n) is 8.24. The van der Waals surface area contributed by atoms with Crippen molar-refractivity contribution in [2.45, 2.75) is 71.5 Å². The largest absolute Gasteiger partial charge is 0.454 e. The summed E-state index contributed by atoms with van der Waals surface area (Å²) in [5.74, 6) is -0.575. The van der Waals surface area contributed by atoms with E-state index in [1.54, 1.807) is 0 Å². The number of carbonyl (C=O) groups excluding carboxylic acids is 3. The molecule has 4 unspecified atom stereocenters. The van der Waals surface area contributed by atoms with Crippen molar-refractivity contribution in [3.8, 4) is 0 Å². The maximum Gasteiger partial charge on any atom is 0.334 e. The van der Waals surface area contributed by atoms with E-state index in [0.29, 0.717) is 24.0 Å². The van der Waals surface area contributed by atoms with Gasteiger partial charge >= 0.3 is 11.9 Å². The Kier molecular flexibility index (Phi) is 6.99. The lowest BCUT2D eigenvalue weighted by molar-refractivity contribution is -0.140. The van der Waals surface area contributed by atoms with Gasteiger partial charge < -0.3 is 9.47 Å². The molecule has 0 amide bonds. The van der Waals surface area contributed by atoms with Crippen molar-refractivity contribution in [2.24, 2.45) is 11.8 Å². The average molecular weight is 514 g/mol. The first-order valence-corrected chi connectivity index (χ1v) is 13.6. The van der Waals surface area contributed by atoms with E-state index < -0.39 is 12.2 Å². The van der Waals surface area contributed by atoms with E-state index >= 15 is 0 Å². The van der Waals surface area contributed by atoms with Gasteiger partial charge in [0.2, 0.25) is 5.91 Å². The van der Waals surface area contributed by atoms with Crippen LogP contribution in [0.4, 0.5) is 0 Å². The summed E-state index contributed by atoms with van der Waals surface area (Å²) in [6, 6.07) is 11.9. The van der Waals surface area contributed by atoms with Crippen molar-refractivity contribution in [2.75, 3.05) is 0 Å². The number of carbonyl (C=O) groups is 3. The van der Waals surface area contributed by atoms with Gasteiger partial charge in [0, 0.05) is 40.7 Å². The molecule has 4 atom stereocenters. The minimum Gasteiger partial charge on any atom is -0.454 e. The number of rotatable bonds is 8. The SMILES string of the molecule is C=C1CC(c2ccc3c4ccc(C5CC(=C)C(=O)O5)cc4n(C(=O)C(CCCC)C(C)CC)c3c2)OC1=O. The summed E-state index contributed by atoms with van der Waals surface area (Å²) < 4.78 is 13.0. The van der Waals surface area contributed by atoms with E-state index in [9.17, 15) is 14.4 Å². The molecule has 3 aromatic rings. The monoisotopic (exact) mass is 513 g/mol. The Hall–Kier alpha value is -3.67. The number of hydrogen-bond acceptors (Lipinski definition) is 5. The molecule has 0 saturated carbocycles. The number of esters is 2. The molecule has 2 fully saturated rings. The smallest absolute Gasteiger partial charge is 0.334 e. The fraction of sp³-hybridized carbons (Fsp3) is 0.406. The zero-order valence-corrected chi connectivity index (χ0v) is 22.4. The van der Waals surface area contributed by atoms with Crippen LogP contribution in [0.2, 0.25) is 0 Å². The molecule has 0 radical (unpaired) electrons. The first-order chi connectivity index (χ1) is 18.2. The lowest BCUT2D eigenvalue weighted by Gasteiger charge is -2.23. The van der Waals surface area contributed by atoms with Crippen LogP contribution in [0.25, 0.3) is 21.8 Å². The molecule has 6 heteroatoms. The molecule has 2 saturated heterocycles. The summed E-state index contributed by atoms with van der Waals surface area (Å²) in [6.45, 7) is 14.1. The fourth-order valence-electron chi connectivity index (χ4n) is 5.71. The van der Waals surface area contributed by atoms with Crippen LogP contribution in [0.1, 0.15) is 87.4 Å². The van der Waals surface area contributed by atoms with Crippen molar-refractivity contribution < 1.29 is 23.9 Å². The van der Waals surface area contributed by atoms with Crippen LogP contribution < -0.4 is 0 Å². The van der Waals surface area contributed by atoms with Crippen molar-refractivity contribution in [1.82, 2.24) is 4.57 Å². The van der Waals surface area contributed by atoms with Gasteiger partial charge in [0.05, 0.1) is 11.0 Å². The Morgan fingerprint density at radius 1 is 0.921 bits per heavy atom.